The Labute approximate surface area is 105 Å². The zero-order chi connectivity index (χ0) is 13.0. The standard InChI is InChI=1S/C13H17N3O2/c1-2-3-4-12(17)14-8-9-5-6-10-11(7-9)16-13(18)15-10/h5-7H,2-4,8H2,1H3,(H,14,17)(H2,15,16,18). The lowest BCUT2D eigenvalue weighted by molar-refractivity contribution is -0.121. The summed E-state index contributed by atoms with van der Waals surface area (Å²) in [5.41, 5.74) is 2.30. The van der Waals surface area contributed by atoms with E-state index in [2.05, 4.69) is 22.2 Å². The van der Waals surface area contributed by atoms with Crippen molar-refractivity contribution in [3.05, 3.63) is 34.2 Å². The van der Waals surface area contributed by atoms with Crippen molar-refractivity contribution in [2.45, 2.75) is 32.7 Å². The maximum absolute atomic E-state index is 11.5. The van der Waals surface area contributed by atoms with Gasteiger partial charge in [-0.1, -0.05) is 19.4 Å². The van der Waals surface area contributed by atoms with Gasteiger partial charge in [0.1, 0.15) is 0 Å². The number of aromatic amines is 2. The molecule has 0 unspecified atom stereocenters. The van der Waals surface area contributed by atoms with Crippen molar-refractivity contribution >= 4 is 16.9 Å². The fourth-order valence-electron chi connectivity index (χ4n) is 1.82. The molecule has 2 rings (SSSR count). The van der Waals surface area contributed by atoms with Crippen LogP contribution in [0.3, 0.4) is 0 Å². The average Bonchev–Trinajstić information content (AvgIpc) is 2.73. The van der Waals surface area contributed by atoms with Gasteiger partial charge in [-0.2, -0.15) is 0 Å². The fraction of sp³-hybridized carbons (Fsp3) is 0.385. The lowest BCUT2D eigenvalue weighted by Crippen LogP contribution is -2.22. The fourth-order valence-corrected chi connectivity index (χ4v) is 1.82. The van der Waals surface area contributed by atoms with Gasteiger partial charge in [0.2, 0.25) is 5.91 Å². The van der Waals surface area contributed by atoms with E-state index in [0.29, 0.717) is 13.0 Å². The predicted octanol–water partition coefficient (Wildman–Crippen LogP) is 1.66. The summed E-state index contributed by atoms with van der Waals surface area (Å²) in [4.78, 5) is 27.9. The zero-order valence-corrected chi connectivity index (χ0v) is 10.4. The summed E-state index contributed by atoms with van der Waals surface area (Å²) in [6, 6.07) is 5.60. The van der Waals surface area contributed by atoms with Gasteiger partial charge in [-0.25, -0.2) is 4.79 Å². The summed E-state index contributed by atoms with van der Waals surface area (Å²) in [6.45, 7) is 2.55. The van der Waals surface area contributed by atoms with Crippen molar-refractivity contribution in [2.75, 3.05) is 0 Å². The van der Waals surface area contributed by atoms with Crippen LogP contribution in [0, 0.1) is 0 Å². The van der Waals surface area contributed by atoms with E-state index in [0.717, 1.165) is 29.4 Å². The molecule has 5 heteroatoms. The quantitative estimate of drug-likeness (QED) is 0.751. The van der Waals surface area contributed by atoms with Gasteiger partial charge in [0.15, 0.2) is 0 Å². The summed E-state index contributed by atoms with van der Waals surface area (Å²) in [5, 5.41) is 2.86. The first-order valence-corrected chi connectivity index (χ1v) is 6.16. The van der Waals surface area contributed by atoms with E-state index in [1.54, 1.807) is 0 Å². The first-order valence-electron chi connectivity index (χ1n) is 6.16. The Balaban J connectivity index is 1.99. The second kappa shape index (κ2) is 5.53. The molecule has 1 amide bonds. The highest BCUT2D eigenvalue weighted by Gasteiger charge is 2.02. The Morgan fingerprint density at radius 1 is 1.28 bits per heavy atom. The molecular formula is C13H17N3O2. The molecule has 0 aliphatic heterocycles. The number of rotatable bonds is 5. The molecular weight excluding hydrogens is 230 g/mol. The van der Waals surface area contributed by atoms with Crippen LogP contribution in [0.5, 0.6) is 0 Å². The van der Waals surface area contributed by atoms with Gasteiger partial charge in [-0.15, -0.1) is 0 Å². The molecule has 0 aliphatic rings. The number of unbranched alkanes of at least 4 members (excludes halogenated alkanes) is 1. The van der Waals surface area contributed by atoms with Crippen LogP contribution in [0.1, 0.15) is 31.7 Å². The van der Waals surface area contributed by atoms with Crippen LogP contribution in [0.2, 0.25) is 0 Å². The molecule has 0 radical (unpaired) electrons. The highest BCUT2D eigenvalue weighted by molar-refractivity contribution is 5.77. The Morgan fingerprint density at radius 2 is 2.06 bits per heavy atom. The smallest absolute Gasteiger partial charge is 0.323 e. The van der Waals surface area contributed by atoms with Crippen LogP contribution in [0.15, 0.2) is 23.0 Å². The van der Waals surface area contributed by atoms with Gasteiger partial charge < -0.3 is 15.3 Å². The van der Waals surface area contributed by atoms with Crippen molar-refractivity contribution in [1.82, 2.24) is 15.3 Å². The monoisotopic (exact) mass is 247 g/mol. The first kappa shape index (κ1) is 12.4. The van der Waals surface area contributed by atoms with Crippen molar-refractivity contribution in [3.8, 4) is 0 Å². The molecule has 3 N–H and O–H groups in total. The lowest BCUT2D eigenvalue weighted by atomic mass is 10.2. The van der Waals surface area contributed by atoms with Gasteiger partial charge in [0.05, 0.1) is 11.0 Å². The van der Waals surface area contributed by atoms with Crippen LogP contribution in [0.25, 0.3) is 11.0 Å². The molecule has 0 bridgehead atoms. The predicted molar refractivity (Wildman–Crippen MR) is 70.3 cm³/mol. The SMILES string of the molecule is CCCCC(=O)NCc1ccc2[nH]c(=O)[nH]c2c1. The summed E-state index contributed by atoms with van der Waals surface area (Å²) in [6.07, 6.45) is 2.50. The van der Waals surface area contributed by atoms with Crippen LogP contribution in [-0.4, -0.2) is 15.9 Å². The van der Waals surface area contributed by atoms with Crippen molar-refractivity contribution in [2.24, 2.45) is 0 Å². The number of hydrogen-bond acceptors (Lipinski definition) is 2. The maximum atomic E-state index is 11.5. The largest absolute Gasteiger partial charge is 0.352 e. The molecule has 1 aromatic carbocycles. The van der Waals surface area contributed by atoms with E-state index in [1.807, 2.05) is 18.2 Å². The number of hydrogen-bond donors (Lipinski definition) is 3. The summed E-state index contributed by atoms with van der Waals surface area (Å²) >= 11 is 0. The number of imidazole rings is 1. The third kappa shape index (κ3) is 3.00. The van der Waals surface area contributed by atoms with Gasteiger partial charge >= 0.3 is 5.69 Å². The minimum absolute atomic E-state index is 0.0690. The summed E-state index contributed by atoms with van der Waals surface area (Å²) < 4.78 is 0. The van der Waals surface area contributed by atoms with Crippen LogP contribution in [-0.2, 0) is 11.3 Å². The molecule has 1 aromatic heterocycles. The molecule has 1 heterocycles. The van der Waals surface area contributed by atoms with Gasteiger partial charge in [-0.05, 0) is 24.1 Å². The maximum Gasteiger partial charge on any atom is 0.323 e. The minimum atomic E-state index is -0.214. The van der Waals surface area contributed by atoms with Crippen LogP contribution < -0.4 is 11.0 Å². The van der Waals surface area contributed by atoms with Gasteiger partial charge in [-0.3, -0.25) is 4.79 Å². The van der Waals surface area contributed by atoms with E-state index in [4.69, 9.17) is 0 Å². The average molecular weight is 247 g/mol. The van der Waals surface area contributed by atoms with Gasteiger partial charge in [0, 0.05) is 13.0 Å². The number of H-pyrrole nitrogens is 2. The Morgan fingerprint density at radius 3 is 2.83 bits per heavy atom. The van der Waals surface area contributed by atoms with Crippen molar-refractivity contribution < 1.29 is 4.79 Å². The third-order valence-electron chi connectivity index (χ3n) is 2.83. The van der Waals surface area contributed by atoms with Crippen molar-refractivity contribution in [3.63, 3.8) is 0 Å². The normalized spacial score (nSPS) is 10.7. The molecule has 2 aromatic rings. The molecule has 5 nitrogen and oxygen atoms in total. The molecule has 0 fully saturated rings. The minimum Gasteiger partial charge on any atom is -0.352 e. The van der Waals surface area contributed by atoms with Crippen molar-refractivity contribution in [1.29, 1.82) is 0 Å². The molecule has 0 saturated heterocycles. The Kier molecular flexibility index (Phi) is 3.82. The Bertz CT molecular complexity index is 598. The number of amides is 1. The second-order valence-electron chi connectivity index (χ2n) is 4.34. The number of benzene rings is 1. The number of carbonyl (C=O) groups excluding carboxylic acids is 1. The summed E-state index contributed by atoms with van der Waals surface area (Å²) in [5.74, 6) is 0.0690. The Hall–Kier alpha value is -2.04. The second-order valence-corrected chi connectivity index (χ2v) is 4.34. The van der Waals surface area contributed by atoms with E-state index in [9.17, 15) is 9.59 Å². The van der Waals surface area contributed by atoms with Gasteiger partial charge in [0.25, 0.3) is 0 Å². The van der Waals surface area contributed by atoms with E-state index >= 15 is 0 Å². The third-order valence-corrected chi connectivity index (χ3v) is 2.83. The molecule has 18 heavy (non-hydrogen) atoms. The number of aromatic nitrogens is 2. The van der Waals surface area contributed by atoms with E-state index in [1.165, 1.54) is 0 Å². The zero-order valence-electron chi connectivity index (χ0n) is 10.4. The highest BCUT2D eigenvalue weighted by atomic mass is 16.1. The van der Waals surface area contributed by atoms with E-state index < -0.39 is 0 Å². The highest BCUT2D eigenvalue weighted by Crippen LogP contribution is 2.09. The molecule has 0 saturated carbocycles. The molecule has 0 aliphatic carbocycles. The number of fused-ring (bicyclic) bond motifs is 1. The molecule has 0 spiro atoms. The topological polar surface area (TPSA) is 77.8 Å². The summed E-state index contributed by atoms with van der Waals surface area (Å²) in [7, 11) is 0. The molecule has 96 valence electrons. The number of carbonyl (C=O) groups is 1. The number of nitrogens with one attached hydrogen (secondary N) is 3. The first-order chi connectivity index (χ1) is 8.69. The molecule has 0 atom stereocenters. The van der Waals surface area contributed by atoms with Crippen LogP contribution >= 0.6 is 0 Å². The van der Waals surface area contributed by atoms with E-state index in [-0.39, 0.29) is 11.6 Å². The van der Waals surface area contributed by atoms with Crippen LogP contribution in [0.4, 0.5) is 0 Å². The lowest BCUT2D eigenvalue weighted by Gasteiger charge is -2.04.